The molecule has 104 valence electrons. The molecule has 0 radical (unpaired) electrons. The molecule has 0 N–H and O–H groups in total. The fourth-order valence-electron chi connectivity index (χ4n) is 2.14. The molecule has 2 nitrogen and oxygen atoms in total. The quantitative estimate of drug-likeness (QED) is 0.667. The molecular weight excluding hydrogens is 251 g/mol. The highest BCUT2D eigenvalue weighted by Gasteiger charge is 2.04. The Balaban J connectivity index is 0.000000704. The van der Waals surface area contributed by atoms with Gasteiger partial charge in [-0.2, -0.15) is 5.10 Å². The van der Waals surface area contributed by atoms with E-state index in [1.54, 1.807) is 12.1 Å². The molecule has 3 rings (SSSR count). The molecule has 0 aliphatic rings. The van der Waals surface area contributed by atoms with Crippen molar-refractivity contribution in [2.45, 2.75) is 27.3 Å². The van der Waals surface area contributed by atoms with Crippen molar-refractivity contribution in [2.24, 2.45) is 0 Å². The Hall–Kier alpha value is -2.16. The van der Waals surface area contributed by atoms with Crippen molar-refractivity contribution in [3.05, 3.63) is 65.6 Å². The number of nitrogens with zero attached hydrogens (tertiary/aromatic N) is 2. The molecular formula is C17H19FN2. The maximum absolute atomic E-state index is 13.1. The van der Waals surface area contributed by atoms with Crippen molar-refractivity contribution >= 4 is 10.9 Å². The Morgan fingerprint density at radius 2 is 1.90 bits per heavy atom. The van der Waals surface area contributed by atoms with Gasteiger partial charge in [0.15, 0.2) is 0 Å². The highest BCUT2D eigenvalue weighted by Crippen LogP contribution is 2.16. The number of benzene rings is 2. The Morgan fingerprint density at radius 1 is 1.10 bits per heavy atom. The number of rotatable bonds is 2. The normalized spacial score (nSPS) is 10.2. The minimum absolute atomic E-state index is 0.209. The molecule has 0 spiro atoms. The third-order valence-corrected chi connectivity index (χ3v) is 3.02. The smallest absolute Gasteiger partial charge is 0.123 e. The van der Waals surface area contributed by atoms with Crippen molar-refractivity contribution in [3.8, 4) is 0 Å². The first-order chi connectivity index (χ1) is 9.72. The van der Waals surface area contributed by atoms with Gasteiger partial charge in [0.1, 0.15) is 5.82 Å². The average Bonchev–Trinajstić information content (AvgIpc) is 2.83. The number of aromatic nitrogens is 2. The van der Waals surface area contributed by atoms with Gasteiger partial charge in [-0.25, -0.2) is 4.39 Å². The van der Waals surface area contributed by atoms with Gasteiger partial charge in [-0.1, -0.05) is 37.6 Å². The van der Waals surface area contributed by atoms with Crippen LogP contribution >= 0.6 is 0 Å². The predicted molar refractivity (Wildman–Crippen MR) is 81.3 cm³/mol. The summed E-state index contributed by atoms with van der Waals surface area (Å²) >= 11 is 0. The maximum atomic E-state index is 13.1. The fourth-order valence-corrected chi connectivity index (χ4v) is 2.14. The molecule has 0 aliphatic heterocycles. The highest BCUT2D eigenvalue weighted by atomic mass is 19.1. The summed E-state index contributed by atoms with van der Waals surface area (Å²) in [7, 11) is 0. The predicted octanol–water partition coefficient (Wildman–Crippen LogP) is 4.56. The van der Waals surface area contributed by atoms with Gasteiger partial charge in [-0.15, -0.1) is 0 Å². The molecule has 0 saturated carbocycles. The Kier molecular flexibility index (Phi) is 4.51. The molecule has 20 heavy (non-hydrogen) atoms. The van der Waals surface area contributed by atoms with E-state index in [1.165, 1.54) is 11.6 Å². The summed E-state index contributed by atoms with van der Waals surface area (Å²) in [4.78, 5) is 0. The van der Waals surface area contributed by atoms with Gasteiger partial charge < -0.3 is 0 Å². The molecule has 0 unspecified atom stereocenters. The van der Waals surface area contributed by atoms with Crippen LogP contribution in [0.25, 0.3) is 10.9 Å². The molecule has 2 aromatic carbocycles. The van der Waals surface area contributed by atoms with E-state index in [2.05, 4.69) is 30.2 Å². The van der Waals surface area contributed by atoms with E-state index in [0.29, 0.717) is 6.54 Å². The van der Waals surface area contributed by atoms with Gasteiger partial charge >= 0.3 is 0 Å². The minimum Gasteiger partial charge on any atom is -0.260 e. The lowest BCUT2D eigenvalue weighted by Crippen LogP contribution is -2.01. The van der Waals surface area contributed by atoms with Crippen LogP contribution in [0.1, 0.15) is 25.0 Å². The summed E-state index contributed by atoms with van der Waals surface area (Å²) in [6, 6.07) is 12.8. The highest BCUT2D eigenvalue weighted by molar-refractivity contribution is 5.79. The average molecular weight is 270 g/mol. The summed E-state index contributed by atoms with van der Waals surface area (Å²) in [5, 5.41) is 5.47. The van der Waals surface area contributed by atoms with Crippen LogP contribution in [0.4, 0.5) is 4.39 Å². The monoisotopic (exact) mass is 270 g/mol. The zero-order valence-electron chi connectivity index (χ0n) is 12.1. The van der Waals surface area contributed by atoms with Gasteiger partial charge in [-0.05, 0) is 36.8 Å². The van der Waals surface area contributed by atoms with Gasteiger partial charge in [0.25, 0.3) is 0 Å². The number of fused-ring (bicyclic) bond motifs is 1. The zero-order valence-corrected chi connectivity index (χ0v) is 12.1. The van der Waals surface area contributed by atoms with Crippen LogP contribution < -0.4 is 0 Å². The molecule has 0 fully saturated rings. The molecule has 0 amide bonds. The van der Waals surface area contributed by atoms with Crippen molar-refractivity contribution in [2.75, 3.05) is 0 Å². The van der Waals surface area contributed by atoms with E-state index in [-0.39, 0.29) is 5.82 Å². The number of hydrogen-bond acceptors (Lipinski definition) is 1. The van der Waals surface area contributed by atoms with Gasteiger partial charge in [-0.3, -0.25) is 4.68 Å². The van der Waals surface area contributed by atoms with Crippen LogP contribution in [0, 0.1) is 12.7 Å². The molecule has 0 atom stereocenters. The SMILES string of the molecule is CC.Cc1ccc2c(cnn2Cc2cccc(F)c2)c1. The molecule has 3 heteroatoms. The van der Waals surface area contributed by atoms with E-state index in [9.17, 15) is 4.39 Å². The van der Waals surface area contributed by atoms with Crippen LogP contribution in [0.15, 0.2) is 48.7 Å². The summed E-state index contributed by atoms with van der Waals surface area (Å²) in [6.45, 7) is 6.65. The maximum Gasteiger partial charge on any atom is 0.123 e. The van der Waals surface area contributed by atoms with Crippen molar-refractivity contribution < 1.29 is 4.39 Å². The van der Waals surface area contributed by atoms with Gasteiger partial charge in [0.2, 0.25) is 0 Å². The van der Waals surface area contributed by atoms with Crippen molar-refractivity contribution in [3.63, 3.8) is 0 Å². The van der Waals surface area contributed by atoms with E-state index in [0.717, 1.165) is 16.5 Å². The van der Waals surface area contributed by atoms with E-state index in [4.69, 9.17) is 0 Å². The topological polar surface area (TPSA) is 17.8 Å². The fraction of sp³-hybridized carbons (Fsp3) is 0.235. The van der Waals surface area contributed by atoms with E-state index < -0.39 is 0 Å². The van der Waals surface area contributed by atoms with Crippen molar-refractivity contribution in [1.29, 1.82) is 0 Å². The van der Waals surface area contributed by atoms with E-state index in [1.807, 2.05) is 30.8 Å². The number of aryl methyl sites for hydroxylation is 1. The molecule has 0 saturated heterocycles. The lowest BCUT2D eigenvalue weighted by atomic mass is 10.2. The second-order valence-electron chi connectivity index (χ2n) is 4.49. The number of halogens is 1. The Labute approximate surface area is 118 Å². The molecule has 1 aromatic heterocycles. The lowest BCUT2D eigenvalue weighted by molar-refractivity contribution is 0.621. The van der Waals surface area contributed by atoms with Crippen LogP contribution in [-0.2, 0) is 6.54 Å². The first kappa shape index (κ1) is 14.3. The van der Waals surface area contributed by atoms with Gasteiger partial charge in [0, 0.05) is 5.39 Å². The second kappa shape index (κ2) is 6.33. The lowest BCUT2D eigenvalue weighted by Gasteiger charge is -2.04. The van der Waals surface area contributed by atoms with Crippen LogP contribution in [0.5, 0.6) is 0 Å². The largest absolute Gasteiger partial charge is 0.260 e. The summed E-state index contributed by atoms with van der Waals surface area (Å²) < 4.78 is 15.0. The number of hydrogen-bond donors (Lipinski definition) is 0. The van der Waals surface area contributed by atoms with Gasteiger partial charge in [0.05, 0.1) is 18.3 Å². The van der Waals surface area contributed by atoms with Crippen LogP contribution in [0.2, 0.25) is 0 Å². The summed E-state index contributed by atoms with van der Waals surface area (Å²) in [6.07, 6.45) is 1.85. The minimum atomic E-state index is -0.209. The van der Waals surface area contributed by atoms with Crippen LogP contribution in [-0.4, -0.2) is 9.78 Å². The first-order valence-corrected chi connectivity index (χ1v) is 6.89. The van der Waals surface area contributed by atoms with E-state index >= 15 is 0 Å². The Bertz CT molecular complexity index is 701. The molecule has 0 bridgehead atoms. The first-order valence-electron chi connectivity index (χ1n) is 6.89. The van der Waals surface area contributed by atoms with Crippen molar-refractivity contribution in [1.82, 2.24) is 9.78 Å². The Morgan fingerprint density at radius 3 is 2.65 bits per heavy atom. The zero-order chi connectivity index (χ0) is 14.5. The third kappa shape index (κ3) is 3.05. The molecule has 0 aliphatic carbocycles. The summed E-state index contributed by atoms with van der Waals surface area (Å²) in [5.41, 5.74) is 3.21. The molecule has 1 heterocycles. The molecule has 3 aromatic rings. The third-order valence-electron chi connectivity index (χ3n) is 3.02. The second-order valence-corrected chi connectivity index (χ2v) is 4.49. The summed E-state index contributed by atoms with van der Waals surface area (Å²) in [5.74, 6) is -0.209. The standard InChI is InChI=1S/C15H13FN2.C2H6/c1-11-5-6-15-13(7-11)9-17-18(15)10-12-3-2-4-14(16)8-12;1-2/h2-9H,10H2,1H3;1-2H3. The van der Waals surface area contributed by atoms with Crippen LogP contribution in [0.3, 0.4) is 0 Å².